The highest BCUT2D eigenvalue weighted by molar-refractivity contribution is 7.07. The fourth-order valence-corrected chi connectivity index (χ4v) is 2.18. The highest BCUT2D eigenvalue weighted by Crippen LogP contribution is 2.15. The van der Waals surface area contributed by atoms with Crippen LogP contribution in [0.25, 0.3) is 0 Å². The molecule has 1 N–H and O–H groups in total. The van der Waals surface area contributed by atoms with Gasteiger partial charge in [0.15, 0.2) is 0 Å². The predicted molar refractivity (Wildman–Crippen MR) is 68.7 cm³/mol. The number of carbonyl (C=O) groups excluding carboxylic acids is 1. The molecular formula is C12H20N2OS. The zero-order valence-corrected chi connectivity index (χ0v) is 11.0. The molecule has 0 saturated carbocycles. The molecule has 0 aliphatic rings. The van der Waals surface area contributed by atoms with Crippen molar-refractivity contribution in [2.45, 2.75) is 25.8 Å². The third-order valence-corrected chi connectivity index (χ3v) is 3.26. The SMILES string of the molecule is CC(NCCCC(=O)N(C)C)c1ccsc1. The summed E-state index contributed by atoms with van der Waals surface area (Å²) in [6, 6.07) is 2.51. The first-order chi connectivity index (χ1) is 7.61. The first-order valence-electron chi connectivity index (χ1n) is 5.57. The standard InChI is InChI=1S/C12H20N2OS/c1-10(11-6-8-16-9-11)13-7-4-5-12(15)14(2)3/h6,8-10,13H,4-5,7H2,1-3H3. The van der Waals surface area contributed by atoms with Crippen molar-refractivity contribution in [1.82, 2.24) is 10.2 Å². The van der Waals surface area contributed by atoms with Crippen LogP contribution in [0.1, 0.15) is 31.4 Å². The average molecular weight is 240 g/mol. The minimum Gasteiger partial charge on any atom is -0.349 e. The smallest absolute Gasteiger partial charge is 0.222 e. The minimum atomic E-state index is 0.199. The van der Waals surface area contributed by atoms with Gasteiger partial charge in [0.1, 0.15) is 0 Å². The van der Waals surface area contributed by atoms with E-state index < -0.39 is 0 Å². The Bertz CT molecular complexity index is 309. The van der Waals surface area contributed by atoms with Crippen LogP contribution >= 0.6 is 11.3 Å². The normalized spacial score (nSPS) is 12.4. The van der Waals surface area contributed by atoms with Crippen molar-refractivity contribution < 1.29 is 4.79 Å². The number of carbonyl (C=O) groups is 1. The monoisotopic (exact) mass is 240 g/mol. The van der Waals surface area contributed by atoms with E-state index in [0.717, 1.165) is 13.0 Å². The van der Waals surface area contributed by atoms with Crippen molar-refractivity contribution >= 4 is 17.2 Å². The maximum Gasteiger partial charge on any atom is 0.222 e. The Morgan fingerprint density at radius 3 is 2.88 bits per heavy atom. The van der Waals surface area contributed by atoms with Crippen LogP contribution in [0.3, 0.4) is 0 Å². The van der Waals surface area contributed by atoms with Crippen molar-refractivity contribution in [2.75, 3.05) is 20.6 Å². The van der Waals surface area contributed by atoms with Gasteiger partial charge in [-0.2, -0.15) is 11.3 Å². The molecule has 90 valence electrons. The van der Waals surface area contributed by atoms with E-state index in [2.05, 4.69) is 29.1 Å². The molecule has 1 unspecified atom stereocenters. The topological polar surface area (TPSA) is 32.3 Å². The van der Waals surface area contributed by atoms with E-state index in [1.807, 2.05) is 0 Å². The highest BCUT2D eigenvalue weighted by Gasteiger charge is 2.06. The molecule has 16 heavy (non-hydrogen) atoms. The van der Waals surface area contributed by atoms with Crippen LogP contribution in [0, 0.1) is 0 Å². The molecule has 0 fully saturated rings. The molecule has 1 rings (SSSR count). The quantitative estimate of drug-likeness (QED) is 0.774. The molecule has 1 aromatic heterocycles. The van der Waals surface area contributed by atoms with Crippen molar-refractivity contribution in [3.05, 3.63) is 22.4 Å². The van der Waals surface area contributed by atoms with Gasteiger partial charge in [-0.1, -0.05) is 0 Å². The van der Waals surface area contributed by atoms with Crippen LogP contribution in [-0.2, 0) is 4.79 Å². The summed E-state index contributed by atoms with van der Waals surface area (Å²) in [6.07, 6.45) is 1.52. The van der Waals surface area contributed by atoms with Crippen molar-refractivity contribution in [3.8, 4) is 0 Å². The molecule has 1 amide bonds. The average Bonchev–Trinajstić information content (AvgIpc) is 2.76. The molecule has 4 heteroatoms. The van der Waals surface area contributed by atoms with Crippen LogP contribution in [0.4, 0.5) is 0 Å². The van der Waals surface area contributed by atoms with Gasteiger partial charge in [-0.3, -0.25) is 4.79 Å². The Kier molecular flexibility index (Phi) is 5.49. The minimum absolute atomic E-state index is 0.199. The summed E-state index contributed by atoms with van der Waals surface area (Å²) in [6.45, 7) is 3.03. The van der Waals surface area contributed by atoms with E-state index >= 15 is 0 Å². The van der Waals surface area contributed by atoms with Crippen LogP contribution in [0.5, 0.6) is 0 Å². The Morgan fingerprint density at radius 1 is 1.56 bits per heavy atom. The lowest BCUT2D eigenvalue weighted by molar-refractivity contribution is -0.128. The van der Waals surface area contributed by atoms with Gasteiger partial charge in [-0.15, -0.1) is 0 Å². The zero-order valence-electron chi connectivity index (χ0n) is 10.2. The summed E-state index contributed by atoms with van der Waals surface area (Å²) in [7, 11) is 3.59. The van der Waals surface area contributed by atoms with E-state index in [4.69, 9.17) is 0 Å². The van der Waals surface area contributed by atoms with Crippen LogP contribution in [0.2, 0.25) is 0 Å². The number of rotatable bonds is 6. The predicted octanol–water partition coefficient (Wildman–Crippen LogP) is 2.27. The van der Waals surface area contributed by atoms with E-state index in [1.165, 1.54) is 5.56 Å². The maximum absolute atomic E-state index is 11.3. The van der Waals surface area contributed by atoms with Crippen molar-refractivity contribution in [3.63, 3.8) is 0 Å². The largest absolute Gasteiger partial charge is 0.349 e. The summed E-state index contributed by atoms with van der Waals surface area (Å²) < 4.78 is 0. The Balaban J connectivity index is 2.14. The number of hydrogen-bond donors (Lipinski definition) is 1. The second kappa shape index (κ2) is 6.66. The molecule has 0 radical (unpaired) electrons. The van der Waals surface area contributed by atoms with Gasteiger partial charge in [0.2, 0.25) is 5.91 Å². The Hall–Kier alpha value is -0.870. The Labute approximate surface area is 101 Å². The number of amides is 1. The molecule has 1 atom stereocenters. The highest BCUT2D eigenvalue weighted by atomic mass is 32.1. The first kappa shape index (κ1) is 13.2. The van der Waals surface area contributed by atoms with Crippen LogP contribution in [0.15, 0.2) is 16.8 Å². The van der Waals surface area contributed by atoms with Crippen molar-refractivity contribution in [2.24, 2.45) is 0 Å². The summed E-state index contributed by atoms with van der Waals surface area (Å²) in [4.78, 5) is 13.0. The van der Waals surface area contributed by atoms with E-state index in [1.54, 1.807) is 30.3 Å². The van der Waals surface area contributed by atoms with E-state index in [9.17, 15) is 4.79 Å². The van der Waals surface area contributed by atoms with Gasteiger partial charge in [0.25, 0.3) is 0 Å². The van der Waals surface area contributed by atoms with Crippen LogP contribution < -0.4 is 5.32 Å². The summed E-state index contributed by atoms with van der Waals surface area (Å²) >= 11 is 1.72. The molecule has 1 aromatic rings. The summed E-state index contributed by atoms with van der Waals surface area (Å²) in [5.74, 6) is 0.199. The summed E-state index contributed by atoms with van der Waals surface area (Å²) in [5, 5.41) is 7.66. The van der Waals surface area contributed by atoms with Crippen LogP contribution in [-0.4, -0.2) is 31.4 Å². The number of thiophene rings is 1. The molecule has 0 aliphatic heterocycles. The molecular weight excluding hydrogens is 220 g/mol. The molecule has 3 nitrogen and oxygen atoms in total. The molecule has 0 bridgehead atoms. The lowest BCUT2D eigenvalue weighted by atomic mass is 10.2. The lowest BCUT2D eigenvalue weighted by Crippen LogP contribution is -2.24. The first-order valence-corrected chi connectivity index (χ1v) is 6.51. The number of hydrogen-bond acceptors (Lipinski definition) is 3. The number of nitrogens with zero attached hydrogens (tertiary/aromatic N) is 1. The molecule has 1 heterocycles. The fourth-order valence-electron chi connectivity index (χ4n) is 1.42. The van der Waals surface area contributed by atoms with Gasteiger partial charge in [-0.05, 0) is 42.3 Å². The zero-order chi connectivity index (χ0) is 12.0. The molecule has 0 saturated heterocycles. The third kappa shape index (κ3) is 4.33. The molecule has 0 aliphatic carbocycles. The van der Waals surface area contributed by atoms with Gasteiger partial charge in [-0.25, -0.2) is 0 Å². The van der Waals surface area contributed by atoms with Gasteiger partial charge in [0.05, 0.1) is 0 Å². The van der Waals surface area contributed by atoms with Crippen molar-refractivity contribution in [1.29, 1.82) is 0 Å². The summed E-state index contributed by atoms with van der Waals surface area (Å²) in [5.41, 5.74) is 1.32. The van der Waals surface area contributed by atoms with Gasteiger partial charge < -0.3 is 10.2 Å². The second-order valence-corrected chi connectivity index (χ2v) is 4.90. The Morgan fingerprint density at radius 2 is 2.31 bits per heavy atom. The third-order valence-electron chi connectivity index (χ3n) is 2.56. The van der Waals surface area contributed by atoms with E-state index in [0.29, 0.717) is 12.5 Å². The fraction of sp³-hybridized carbons (Fsp3) is 0.583. The van der Waals surface area contributed by atoms with Gasteiger partial charge in [0, 0.05) is 26.6 Å². The second-order valence-electron chi connectivity index (χ2n) is 4.12. The molecule has 0 aromatic carbocycles. The number of nitrogens with one attached hydrogen (secondary N) is 1. The molecule has 0 spiro atoms. The maximum atomic E-state index is 11.3. The van der Waals surface area contributed by atoms with Gasteiger partial charge >= 0.3 is 0 Å². The lowest BCUT2D eigenvalue weighted by Gasteiger charge is -2.13. The van der Waals surface area contributed by atoms with E-state index in [-0.39, 0.29) is 5.91 Å².